The highest BCUT2D eigenvalue weighted by Gasteiger charge is 2.59. The Morgan fingerprint density at radius 3 is 2.56 bits per heavy atom. The number of aliphatic hydroxyl groups is 1. The molecule has 134 valence electrons. The van der Waals surface area contributed by atoms with Gasteiger partial charge in [-0.25, -0.2) is 4.98 Å². The molecule has 1 aromatic heterocycles. The zero-order valence-corrected chi connectivity index (χ0v) is 13.6. The van der Waals surface area contributed by atoms with E-state index in [0.29, 0.717) is 13.0 Å². The molecule has 0 fully saturated rings. The lowest BCUT2D eigenvalue weighted by Crippen LogP contribution is -2.49. The Balaban J connectivity index is 1.84. The Morgan fingerprint density at radius 2 is 1.96 bits per heavy atom. The smallest absolute Gasteiger partial charge is 0.374 e. The molecule has 1 atom stereocenters. The van der Waals surface area contributed by atoms with Gasteiger partial charge in [-0.15, -0.1) is 0 Å². The molecular formula is C17H18F3N3O2. The van der Waals surface area contributed by atoms with E-state index in [1.165, 1.54) is 18.1 Å². The second-order valence-corrected chi connectivity index (χ2v) is 6.23. The van der Waals surface area contributed by atoms with E-state index in [2.05, 4.69) is 4.98 Å². The van der Waals surface area contributed by atoms with Crippen molar-refractivity contribution in [2.24, 2.45) is 7.05 Å². The molecule has 1 amide bonds. The van der Waals surface area contributed by atoms with Gasteiger partial charge in [0.15, 0.2) is 5.82 Å². The van der Waals surface area contributed by atoms with Gasteiger partial charge in [-0.2, -0.15) is 13.2 Å². The van der Waals surface area contributed by atoms with Gasteiger partial charge in [0.1, 0.15) is 0 Å². The topological polar surface area (TPSA) is 58.4 Å². The molecule has 25 heavy (non-hydrogen) atoms. The van der Waals surface area contributed by atoms with Crippen molar-refractivity contribution in [1.29, 1.82) is 0 Å². The van der Waals surface area contributed by atoms with E-state index in [-0.39, 0.29) is 6.54 Å². The molecular weight excluding hydrogens is 335 g/mol. The number of fused-ring (bicyclic) bond motifs is 1. The number of carbonyl (C=O) groups is 1. The number of carbonyl (C=O) groups excluding carboxylic acids is 1. The maximum absolute atomic E-state index is 13.5. The SMILES string of the molecule is Cn1ccnc1[C@](O)(CC(=O)N1CCc2ccccc2C1)C(F)(F)F. The first kappa shape index (κ1) is 17.5. The molecule has 0 saturated heterocycles. The normalized spacial score (nSPS) is 17.1. The summed E-state index contributed by atoms with van der Waals surface area (Å²) in [7, 11) is 1.35. The van der Waals surface area contributed by atoms with Crippen molar-refractivity contribution in [3.8, 4) is 0 Å². The summed E-state index contributed by atoms with van der Waals surface area (Å²) in [6.45, 7) is 0.563. The molecule has 0 spiro atoms. The van der Waals surface area contributed by atoms with Gasteiger partial charge in [-0.05, 0) is 17.5 Å². The first-order valence-electron chi connectivity index (χ1n) is 7.84. The summed E-state index contributed by atoms with van der Waals surface area (Å²) in [6.07, 6.45) is -3.07. The highest BCUT2D eigenvalue weighted by atomic mass is 19.4. The highest BCUT2D eigenvalue weighted by Crippen LogP contribution is 2.41. The lowest BCUT2D eigenvalue weighted by Gasteiger charge is -2.34. The highest BCUT2D eigenvalue weighted by molar-refractivity contribution is 5.78. The summed E-state index contributed by atoms with van der Waals surface area (Å²) in [5.74, 6) is -1.34. The van der Waals surface area contributed by atoms with Crippen LogP contribution in [0.2, 0.25) is 0 Å². The number of hydrogen-bond acceptors (Lipinski definition) is 3. The second-order valence-electron chi connectivity index (χ2n) is 6.23. The summed E-state index contributed by atoms with van der Waals surface area (Å²) < 4.78 is 41.7. The number of benzene rings is 1. The zero-order valence-electron chi connectivity index (χ0n) is 13.6. The van der Waals surface area contributed by atoms with E-state index in [1.54, 1.807) is 0 Å². The number of hydrogen-bond donors (Lipinski definition) is 1. The molecule has 2 aromatic rings. The molecule has 8 heteroatoms. The van der Waals surface area contributed by atoms with Gasteiger partial charge >= 0.3 is 6.18 Å². The fourth-order valence-electron chi connectivity index (χ4n) is 3.11. The van der Waals surface area contributed by atoms with Gasteiger partial charge < -0.3 is 14.6 Å². The minimum absolute atomic E-state index is 0.240. The van der Waals surface area contributed by atoms with Crippen molar-refractivity contribution in [2.45, 2.75) is 31.2 Å². The molecule has 0 radical (unpaired) electrons. The van der Waals surface area contributed by atoms with E-state index < -0.39 is 29.9 Å². The molecule has 3 rings (SSSR count). The average Bonchev–Trinajstić information content (AvgIpc) is 2.99. The fourth-order valence-corrected chi connectivity index (χ4v) is 3.11. The molecule has 1 aliphatic heterocycles. The quantitative estimate of drug-likeness (QED) is 0.920. The van der Waals surface area contributed by atoms with Crippen LogP contribution in [0, 0.1) is 0 Å². The first-order valence-corrected chi connectivity index (χ1v) is 7.84. The Labute approximate surface area is 142 Å². The monoisotopic (exact) mass is 353 g/mol. The van der Waals surface area contributed by atoms with Crippen LogP contribution < -0.4 is 0 Å². The van der Waals surface area contributed by atoms with Crippen molar-refractivity contribution >= 4 is 5.91 Å². The van der Waals surface area contributed by atoms with Crippen LogP contribution >= 0.6 is 0 Å². The zero-order chi connectivity index (χ0) is 18.2. The summed E-state index contributed by atoms with van der Waals surface area (Å²) in [5.41, 5.74) is -1.32. The van der Waals surface area contributed by atoms with Gasteiger partial charge in [0.05, 0.1) is 6.42 Å². The lowest BCUT2D eigenvalue weighted by molar-refractivity contribution is -0.272. The minimum atomic E-state index is -5.02. The predicted octanol–water partition coefficient (Wildman–Crippen LogP) is 2.14. The van der Waals surface area contributed by atoms with Crippen LogP contribution in [0.3, 0.4) is 0 Å². The summed E-state index contributed by atoms with van der Waals surface area (Å²) in [4.78, 5) is 17.5. The van der Waals surface area contributed by atoms with E-state index in [4.69, 9.17) is 0 Å². The third-order valence-electron chi connectivity index (χ3n) is 4.55. The largest absolute Gasteiger partial charge is 0.425 e. The average molecular weight is 353 g/mol. The molecule has 0 unspecified atom stereocenters. The van der Waals surface area contributed by atoms with Gasteiger partial charge in [-0.1, -0.05) is 24.3 Å². The van der Waals surface area contributed by atoms with Crippen molar-refractivity contribution in [2.75, 3.05) is 6.54 Å². The molecule has 5 nitrogen and oxygen atoms in total. The summed E-state index contributed by atoms with van der Waals surface area (Å²) >= 11 is 0. The number of rotatable bonds is 3. The summed E-state index contributed by atoms with van der Waals surface area (Å²) in [5, 5.41) is 10.3. The van der Waals surface area contributed by atoms with Crippen molar-refractivity contribution < 1.29 is 23.1 Å². The Hall–Kier alpha value is -2.35. The van der Waals surface area contributed by atoms with Gasteiger partial charge in [0, 0.05) is 32.5 Å². The van der Waals surface area contributed by atoms with Gasteiger partial charge in [-0.3, -0.25) is 4.79 Å². The molecule has 0 saturated carbocycles. The Bertz CT molecular complexity index is 787. The van der Waals surface area contributed by atoms with E-state index in [0.717, 1.165) is 21.9 Å². The number of nitrogens with zero attached hydrogens (tertiary/aromatic N) is 3. The van der Waals surface area contributed by atoms with Crippen LogP contribution in [-0.4, -0.2) is 38.2 Å². The third kappa shape index (κ3) is 3.13. The van der Waals surface area contributed by atoms with E-state index in [9.17, 15) is 23.1 Å². The van der Waals surface area contributed by atoms with E-state index in [1.807, 2.05) is 24.3 Å². The van der Waals surface area contributed by atoms with Crippen molar-refractivity contribution in [1.82, 2.24) is 14.5 Å². The Morgan fingerprint density at radius 1 is 1.28 bits per heavy atom. The number of alkyl halides is 3. The lowest BCUT2D eigenvalue weighted by atomic mass is 9.94. The number of amides is 1. The maximum atomic E-state index is 13.5. The molecule has 1 N–H and O–H groups in total. The number of imidazole rings is 1. The second kappa shape index (κ2) is 6.18. The molecule has 0 bridgehead atoms. The van der Waals surface area contributed by atoms with Crippen molar-refractivity contribution in [3.63, 3.8) is 0 Å². The predicted molar refractivity (Wildman–Crippen MR) is 83.3 cm³/mol. The van der Waals surface area contributed by atoms with Gasteiger partial charge in [0.2, 0.25) is 11.5 Å². The Kier molecular flexibility index (Phi) is 4.32. The van der Waals surface area contributed by atoms with Crippen LogP contribution in [0.5, 0.6) is 0 Å². The van der Waals surface area contributed by atoms with Crippen LogP contribution in [-0.2, 0) is 30.4 Å². The van der Waals surface area contributed by atoms with Crippen LogP contribution in [0.1, 0.15) is 23.4 Å². The van der Waals surface area contributed by atoms with Crippen LogP contribution in [0.4, 0.5) is 13.2 Å². The molecule has 0 aliphatic carbocycles. The molecule has 1 aliphatic rings. The summed E-state index contributed by atoms with van der Waals surface area (Å²) in [6, 6.07) is 7.51. The number of aromatic nitrogens is 2. The third-order valence-corrected chi connectivity index (χ3v) is 4.55. The minimum Gasteiger partial charge on any atom is -0.374 e. The number of aryl methyl sites for hydroxylation is 1. The first-order chi connectivity index (χ1) is 11.7. The number of halogens is 3. The maximum Gasteiger partial charge on any atom is 0.425 e. The molecule has 2 heterocycles. The van der Waals surface area contributed by atoms with E-state index >= 15 is 0 Å². The fraction of sp³-hybridized carbons (Fsp3) is 0.412. The van der Waals surface area contributed by atoms with Crippen LogP contribution in [0.25, 0.3) is 0 Å². The van der Waals surface area contributed by atoms with Crippen molar-refractivity contribution in [3.05, 3.63) is 53.6 Å². The van der Waals surface area contributed by atoms with Gasteiger partial charge in [0.25, 0.3) is 0 Å². The molecule has 1 aromatic carbocycles. The van der Waals surface area contributed by atoms with Crippen LogP contribution in [0.15, 0.2) is 36.7 Å². The standard InChI is InChI=1S/C17H18F3N3O2/c1-22-9-7-21-15(22)16(25,17(18,19)20)10-14(24)23-8-6-12-4-2-3-5-13(12)11-23/h2-5,7,9,25H,6,8,10-11H2,1H3/t16-/m1/s1.